The Labute approximate surface area is 118 Å². The van der Waals surface area contributed by atoms with E-state index >= 15 is 0 Å². The molecule has 0 aliphatic carbocycles. The van der Waals surface area contributed by atoms with Crippen molar-refractivity contribution in [3.05, 3.63) is 24.3 Å². The molecule has 1 rings (SSSR count). The number of carbonyl (C=O) groups excluding carboxylic acids is 2. The lowest BCUT2D eigenvalue weighted by atomic mass is 10.2. The van der Waals surface area contributed by atoms with E-state index in [0.29, 0.717) is 30.9 Å². The molecule has 0 aromatic heterocycles. The molecule has 0 fully saturated rings. The molecule has 6 nitrogen and oxygen atoms in total. The average Bonchev–Trinajstić information content (AvgIpc) is 2.38. The second-order valence-corrected chi connectivity index (χ2v) is 4.60. The van der Waals surface area contributed by atoms with Crippen molar-refractivity contribution in [1.82, 2.24) is 0 Å². The van der Waals surface area contributed by atoms with Crippen LogP contribution >= 0.6 is 0 Å². The summed E-state index contributed by atoms with van der Waals surface area (Å²) in [5.41, 5.74) is 1.37. The minimum absolute atomic E-state index is 0.104. The largest absolute Gasteiger partial charge is 0.329 e. The molecule has 0 radical (unpaired) electrons. The first kappa shape index (κ1) is 15.7. The van der Waals surface area contributed by atoms with Crippen molar-refractivity contribution in [3.8, 4) is 6.07 Å². The summed E-state index contributed by atoms with van der Waals surface area (Å²) in [5, 5.41) is 13.9. The van der Waals surface area contributed by atoms with Crippen LogP contribution in [0.15, 0.2) is 24.3 Å². The van der Waals surface area contributed by atoms with Crippen molar-refractivity contribution in [2.75, 3.05) is 30.8 Å². The van der Waals surface area contributed by atoms with Gasteiger partial charge >= 0.3 is 0 Å². The molecule has 106 valence electrons. The molecule has 20 heavy (non-hydrogen) atoms. The summed E-state index contributed by atoms with van der Waals surface area (Å²) < 4.78 is 0. The number of nitrogens with one attached hydrogen (secondary N) is 3. The number of carbonyl (C=O) groups is 2. The van der Waals surface area contributed by atoms with Crippen LogP contribution in [-0.2, 0) is 9.59 Å². The zero-order chi connectivity index (χ0) is 15.0. The first-order valence-corrected chi connectivity index (χ1v) is 6.37. The quantitative estimate of drug-likeness (QED) is 0.683. The second kappa shape index (κ2) is 7.92. The van der Waals surface area contributed by atoms with Crippen molar-refractivity contribution in [2.24, 2.45) is 0 Å². The standard InChI is InChI=1S/C14H18N4O2/c1-11(19)16-12-4-6-13(7-5-12)17-14(20)10-18(2)9-3-8-15/h4-7H,3,9-10H2,1-2H3,(H,16,19)(H,17,20)/p+1. The van der Waals surface area contributed by atoms with Crippen LogP contribution in [0.4, 0.5) is 11.4 Å². The van der Waals surface area contributed by atoms with Gasteiger partial charge in [0.15, 0.2) is 6.54 Å². The van der Waals surface area contributed by atoms with E-state index in [-0.39, 0.29) is 11.8 Å². The minimum Gasteiger partial charge on any atom is -0.329 e. The van der Waals surface area contributed by atoms with Crippen LogP contribution in [0.5, 0.6) is 0 Å². The van der Waals surface area contributed by atoms with Gasteiger partial charge in [0.2, 0.25) is 5.91 Å². The number of nitriles is 1. The lowest BCUT2D eigenvalue weighted by Crippen LogP contribution is -3.10. The van der Waals surface area contributed by atoms with Crippen molar-refractivity contribution in [2.45, 2.75) is 13.3 Å². The summed E-state index contributed by atoms with van der Waals surface area (Å²) in [6.45, 7) is 2.40. The van der Waals surface area contributed by atoms with Crippen LogP contribution in [0, 0.1) is 11.3 Å². The Morgan fingerprint density at radius 3 is 2.25 bits per heavy atom. The number of anilines is 2. The SMILES string of the molecule is CC(=O)Nc1ccc(NC(=O)C[NH+](C)CCC#N)cc1. The highest BCUT2D eigenvalue weighted by Crippen LogP contribution is 2.13. The summed E-state index contributed by atoms with van der Waals surface area (Å²) >= 11 is 0. The van der Waals surface area contributed by atoms with Crippen molar-refractivity contribution in [3.63, 3.8) is 0 Å². The zero-order valence-corrected chi connectivity index (χ0v) is 11.7. The maximum Gasteiger partial charge on any atom is 0.279 e. The van der Waals surface area contributed by atoms with Gasteiger partial charge in [-0.25, -0.2) is 0 Å². The molecule has 0 bridgehead atoms. The van der Waals surface area contributed by atoms with E-state index < -0.39 is 0 Å². The molecule has 0 spiro atoms. The Kier molecular flexibility index (Phi) is 6.20. The van der Waals surface area contributed by atoms with Crippen LogP contribution in [0.25, 0.3) is 0 Å². The van der Waals surface area contributed by atoms with E-state index in [1.54, 1.807) is 24.3 Å². The van der Waals surface area contributed by atoms with Crippen LogP contribution in [0.3, 0.4) is 0 Å². The lowest BCUT2D eigenvalue weighted by molar-refractivity contribution is -0.870. The third-order valence-corrected chi connectivity index (χ3v) is 2.61. The fourth-order valence-electron chi connectivity index (χ4n) is 1.68. The van der Waals surface area contributed by atoms with Gasteiger partial charge in [0.05, 0.1) is 26.1 Å². The number of quaternary nitrogens is 1. The number of likely N-dealkylation sites (N-methyl/N-ethyl adjacent to an activating group) is 1. The number of hydrogen-bond donors (Lipinski definition) is 3. The molecule has 3 N–H and O–H groups in total. The number of rotatable bonds is 6. The highest BCUT2D eigenvalue weighted by Gasteiger charge is 2.09. The van der Waals surface area contributed by atoms with E-state index in [2.05, 4.69) is 16.7 Å². The van der Waals surface area contributed by atoms with E-state index in [4.69, 9.17) is 5.26 Å². The maximum absolute atomic E-state index is 11.8. The van der Waals surface area contributed by atoms with Gasteiger partial charge in [-0.05, 0) is 24.3 Å². The van der Waals surface area contributed by atoms with Gasteiger partial charge in [0.1, 0.15) is 0 Å². The fourth-order valence-corrected chi connectivity index (χ4v) is 1.68. The van der Waals surface area contributed by atoms with Gasteiger partial charge in [0.25, 0.3) is 5.91 Å². The van der Waals surface area contributed by atoms with Gasteiger partial charge in [-0.2, -0.15) is 5.26 Å². The van der Waals surface area contributed by atoms with Crippen molar-refractivity contribution < 1.29 is 14.5 Å². The summed E-state index contributed by atoms with van der Waals surface area (Å²) in [7, 11) is 1.87. The molecule has 1 aromatic rings. The third-order valence-electron chi connectivity index (χ3n) is 2.61. The zero-order valence-electron chi connectivity index (χ0n) is 11.7. The molecule has 2 amide bonds. The molecule has 1 aromatic carbocycles. The molecule has 0 aliphatic rings. The Hall–Kier alpha value is -2.39. The molecule has 6 heteroatoms. The number of benzene rings is 1. The van der Waals surface area contributed by atoms with Crippen molar-refractivity contribution >= 4 is 23.2 Å². The Balaban J connectivity index is 2.46. The van der Waals surface area contributed by atoms with Gasteiger partial charge in [0, 0.05) is 18.3 Å². The topological polar surface area (TPSA) is 86.4 Å². The second-order valence-electron chi connectivity index (χ2n) is 4.60. The van der Waals surface area contributed by atoms with Gasteiger partial charge in [-0.1, -0.05) is 0 Å². The molecular weight excluding hydrogens is 256 g/mol. The van der Waals surface area contributed by atoms with E-state index in [1.165, 1.54) is 6.92 Å². The number of nitrogens with zero attached hydrogens (tertiary/aromatic N) is 1. The van der Waals surface area contributed by atoms with Crippen LogP contribution in [0.2, 0.25) is 0 Å². The Bertz CT molecular complexity index is 505. The minimum atomic E-state index is -0.135. The monoisotopic (exact) mass is 275 g/mol. The van der Waals surface area contributed by atoms with Crippen LogP contribution in [-0.4, -0.2) is 32.0 Å². The normalized spacial score (nSPS) is 11.2. The maximum atomic E-state index is 11.8. The average molecular weight is 275 g/mol. The Morgan fingerprint density at radius 1 is 1.20 bits per heavy atom. The lowest BCUT2D eigenvalue weighted by Gasteiger charge is -2.12. The Morgan fingerprint density at radius 2 is 1.75 bits per heavy atom. The van der Waals surface area contributed by atoms with Crippen molar-refractivity contribution in [1.29, 1.82) is 5.26 Å². The van der Waals surface area contributed by atoms with E-state index in [1.807, 2.05) is 7.05 Å². The summed E-state index contributed by atoms with van der Waals surface area (Å²) in [5.74, 6) is -0.239. The first-order chi connectivity index (χ1) is 9.51. The van der Waals surface area contributed by atoms with E-state index in [9.17, 15) is 9.59 Å². The first-order valence-electron chi connectivity index (χ1n) is 6.37. The van der Waals surface area contributed by atoms with Gasteiger partial charge < -0.3 is 15.5 Å². The molecule has 0 saturated carbocycles. The predicted octanol–water partition coefficient (Wildman–Crippen LogP) is 0.0119. The summed E-state index contributed by atoms with van der Waals surface area (Å²) in [6, 6.07) is 8.97. The van der Waals surface area contributed by atoms with E-state index in [0.717, 1.165) is 4.90 Å². The highest BCUT2D eigenvalue weighted by molar-refractivity contribution is 5.92. The third kappa shape index (κ3) is 5.98. The molecule has 1 unspecified atom stereocenters. The fraction of sp³-hybridized carbons (Fsp3) is 0.357. The number of amides is 2. The molecule has 0 aliphatic heterocycles. The smallest absolute Gasteiger partial charge is 0.279 e. The number of hydrogen-bond acceptors (Lipinski definition) is 3. The molecule has 0 heterocycles. The predicted molar refractivity (Wildman–Crippen MR) is 76.2 cm³/mol. The molecular formula is C14H19N4O2+. The van der Waals surface area contributed by atoms with Gasteiger partial charge in [-0.15, -0.1) is 0 Å². The highest BCUT2D eigenvalue weighted by atomic mass is 16.2. The van der Waals surface area contributed by atoms with Crippen LogP contribution < -0.4 is 15.5 Å². The summed E-state index contributed by atoms with van der Waals surface area (Å²) in [6.07, 6.45) is 0.435. The molecule has 0 saturated heterocycles. The van der Waals surface area contributed by atoms with Crippen LogP contribution in [0.1, 0.15) is 13.3 Å². The van der Waals surface area contributed by atoms with Gasteiger partial charge in [-0.3, -0.25) is 9.59 Å². The molecule has 1 atom stereocenters. The summed E-state index contributed by atoms with van der Waals surface area (Å²) in [4.78, 5) is 23.6.